The quantitative estimate of drug-likeness (QED) is 0.427. The number of rotatable bonds is 12. The van der Waals surface area contributed by atoms with Crippen LogP contribution in [0.5, 0.6) is 0 Å². The zero-order chi connectivity index (χ0) is 13.6. The lowest BCUT2D eigenvalue weighted by Crippen LogP contribution is -2.20. The fourth-order valence-electron chi connectivity index (χ4n) is 2.10. The van der Waals surface area contributed by atoms with Crippen molar-refractivity contribution in [1.29, 1.82) is 0 Å². The van der Waals surface area contributed by atoms with Crippen molar-refractivity contribution in [3.63, 3.8) is 0 Å². The molecule has 1 atom stereocenters. The molecular formula is C15H30O3. The van der Waals surface area contributed by atoms with Crippen molar-refractivity contribution in [3.05, 3.63) is 0 Å². The second kappa shape index (κ2) is 12.9. The number of ether oxygens (including phenoxy) is 1. The van der Waals surface area contributed by atoms with Crippen LogP contribution in [0.15, 0.2) is 0 Å². The van der Waals surface area contributed by atoms with Gasteiger partial charge in [-0.1, -0.05) is 58.3 Å². The minimum absolute atomic E-state index is 0.0589. The average Bonchev–Trinajstić information content (AvgIpc) is 2.35. The Bertz CT molecular complexity index is 192. The van der Waals surface area contributed by atoms with Crippen LogP contribution in [-0.2, 0) is 9.53 Å². The molecule has 1 N–H and O–H groups in total. The van der Waals surface area contributed by atoms with E-state index in [9.17, 15) is 4.79 Å². The van der Waals surface area contributed by atoms with Gasteiger partial charge in [0, 0.05) is 6.92 Å². The Morgan fingerprint density at radius 3 is 1.94 bits per heavy atom. The molecule has 18 heavy (non-hydrogen) atoms. The Labute approximate surface area is 112 Å². The highest BCUT2D eigenvalue weighted by Crippen LogP contribution is 2.12. The fourth-order valence-corrected chi connectivity index (χ4v) is 2.10. The summed E-state index contributed by atoms with van der Waals surface area (Å²) in [5.74, 6) is -0.301. The number of unbranched alkanes of at least 4 members (excludes halogenated alkanes) is 8. The maximum absolute atomic E-state index is 10.7. The average molecular weight is 258 g/mol. The number of esters is 1. The predicted octanol–water partition coefficient (Wildman–Crippen LogP) is 3.83. The molecule has 0 aromatic heterocycles. The molecule has 0 saturated heterocycles. The first kappa shape index (κ1) is 17.4. The van der Waals surface area contributed by atoms with Gasteiger partial charge in [0.25, 0.3) is 0 Å². The van der Waals surface area contributed by atoms with Gasteiger partial charge in [0.05, 0.1) is 6.61 Å². The summed E-state index contributed by atoms with van der Waals surface area (Å²) in [5.41, 5.74) is 0. The largest absolute Gasteiger partial charge is 0.460 e. The van der Waals surface area contributed by atoms with Crippen LogP contribution < -0.4 is 0 Å². The lowest BCUT2D eigenvalue weighted by molar-refractivity contribution is -0.148. The molecule has 0 aliphatic carbocycles. The predicted molar refractivity (Wildman–Crippen MR) is 74.5 cm³/mol. The van der Waals surface area contributed by atoms with E-state index in [2.05, 4.69) is 6.92 Å². The SMILES string of the molecule is CCCCCCCCCCC[C@@H](CO)OC(C)=O. The number of aliphatic hydroxyl groups excluding tert-OH is 1. The van der Waals surface area contributed by atoms with E-state index in [1.54, 1.807) is 0 Å². The molecule has 0 saturated carbocycles. The molecule has 0 amide bonds. The summed E-state index contributed by atoms with van der Waals surface area (Å²) in [4.78, 5) is 10.7. The van der Waals surface area contributed by atoms with Gasteiger partial charge in [-0.05, 0) is 12.8 Å². The number of hydrogen-bond donors (Lipinski definition) is 1. The van der Waals surface area contributed by atoms with Crippen molar-refractivity contribution in [2.45, 2.75) is 84.2 Å². The minimum atomic E-state index is -0.301. The molecule has 0 aromatic carbocycles. The zero-order valence-electron chi connectivity index (χ0n) is 12.1. The third-order valence-electron chi connectivity index (χ3n) is 3.17. The van der Waals surface area contributed by atoms with Gasteiger partial charge in [0.1, 0.15) is 6.10 Å². The molecule has 3 heteroatoms. The maximum atomic E-state index is 10.7. The Kier molecular flexibility index (Phi) is 12.5. The molecule has 0 aromatic rings. The van der Waals surface area contributed by atoms with Crippen LogP contribution in [0.2, 0.25) is 0 Å². The second-order valence-corrected chi connectivity index (χ2v) is 5.03. The van der Waals surface area contributed by atoms with Crippen molar-refractivity contribution in [2.24, 2.45) is 0 Å². The van der Waals surface area contributed by atoms with E-state index >= 15 is 0 Å². The van der Waals surface area contributed by atoms with Crippen LogP contribution in [0.3, 0.4) is 0 Å². The summed E-state index contributed by atoms with van der Waals surface area (Å²) in [6.45, 7) is 3.57. The summed E-state index contributed by atoms with van der Waals surface area (Å²) in [6.07, 6.45) is 12.0. The highest BCUT2D eigenvalue weighted by Gasteiger charge is 2.09. The van der Waals surface area contributed by atoms with E-state index in [1.807, 2.05) is 0 Å². The van der Waals surface area contributed by atoms with Crippen molar-refractivity contribution in [3.8, 4) is 0 Å². The topological polar surface area (TPSA) is 46.5 Å². The van der Waals surface area contributed by atoms with Gasteiger partial charge >= 0.3 is 5.97 Å². The van der Waals surface area contributed by atoms with Crippen molar-refractivity contribution < 1.29 is 14.6 Å². The molecule has 0 heterocycles. The van der Waals surface area contributed by atoms with Crippen molar-refractivity contribution in [2.75, 3.05) is 6.61 Å². The monoisotopic (exact) mass is 258 g/mol. The Morgan fingerprint density at radius 2 is 1.50 bits per heavy atom. The molecule has 0 spiro atoms. The third kappa shape index (κ3) is 11.9. The molecule has 0 fully saturated rings. The summed E-state index contributed by atoms with van der Waals surface area (Å²) in [7, 11) is 0. The zero-order valence-corrected chi connectivity index (χ0v) is 12.1. The van der Waals surface area contributed by atoms with Crippen LogP contribution >= 0.6 is 0 Å². The smallest absolute Gasteiger partial charge is 0.302 e. The number of carbonyl (C=O) groups is 1. The molecule has 0 unspecified atom stereocenters. The Balaban J connectivity index is 3.25. The standard InChI is InChI=1S/C15H30O3/c1-3-4-5-6-7-8-9-10-11-12-15(13-16)18-14(2)17/h15-16H,3-13H2,1-2H3/t15-/m0/s1. The van der Waals surface area contributed by atoms with Crippen LogP contribution in [0.1, 0.15) is 78.1 Å². The first-order chi connectivity index (χ1) is 8.70. The molecule has 0 bridgehead atoms. The number of carbonyl (C=O) groups excluding carboxylic acids is 1. The first-order valence-electron chi connectivity index (χ1n) is 7.48. The Hall–Kier alpha value is -0.570. The molecule has 0 rings (SSSR count). The van der Waals surface area contributed by atoms with Gasteiger partial charge in [-0.25, -0.2) is 0 Å². The van der Waals surface area contributed by atoms with Crippen LogP contribution in [0.4, 0.5) is 0 Å². The summed E-state index contributed by atoms with van der Waals surface area (Å²) >= 11 is 0. The summed E-state index contributed by atoms with van der Waals surface area (Å²) in [6, 6.07) is 0. The third-order valence-corrected chi connectivity index (χ3v) is 3.17. The summed E-state index contributed by atoms with van der Waals surface area (Å²) < 4.78 is 4.98. The van der Waals surface area contributed by atoms with E-state index < -0.39 is 0 Å². The molecule has 108 valence electrons. The molecule has 0 aliphatic rings. The van der Waals surface area contributed by atoms with Gasteiger partial charge in [-0.3, -0.25) is 4.79 Å². The van der Waals surface area contributed by atoms with Crippen LogP contribution in [0, 0.1) is 0 Å². The van der Waals surface area contributed by atoms with Crippen LogP contribution in [0.25, 0.3) is 0 Å². The lowest BCUT2D eigenvalue weighted by atomic mass is 10.1. The van der Waals surface area contributed by atoms with Crippen molar-refractivity contribution in [1.82, 2.24) is 0 Å². The summed E-state index contributed by atoms with van der Waals surface area (Å²) in [5, 5.41) is 9.02. The lowest BCUT2D eigenvalue weighted by Gasteiger charge is -2.13. The van der Waals surface area contributed by atoms with Crippen molar-refractivity contribution >= 4 is 5.97 Å². The van der Waals surface area contributed by atoms with E-state index in [0.717, 1.165) is 12.8 Å². The van der Waals surface area contributed by atoms with Gasteiger partial charge in [-0.15, -0.1) is 0 Å². The minimum Gasteiger partial charge on any atom is -0.460 e. The maximum Gasteiger partial charge on any atom is 0.302 e. The fraction of sp³-hybridized carbons (Fsp3) is 0.933. The molecule has 0 radical (unpaired) electrons. The second-order valence-electron chi connectivity index (χ2n) is 5.03. The number of hydrogen-bond acceptors (Lipinski definition) is 3. The molecule has 0 aliphatic heterocycles. The van der Waals surface area contributed by atoms with E-state index in [0.29, 0.717) is 0 Å². The van der Waals surface area contributed by atoms with Crippen LogP contribution in [-0.4, -0.2) is 23.8 Å². The normalized spacial score (nSPS) is 12.4. The first-order valence-corrected chi connectivity index (χ1v) is 7.48. The van der Waals surface area contributed by atoms with E-state index in [4.69, 9.17) is 9.84 Å². The molecule has 3 nitrogen and oxygen atoms in total. The highest BCUT2D eigenvalue weighted by molar-refractivity contribution is 5.66. The Morgan fingerprint density at radius 1 is 1.00 bits per heavy atom. The number of aliphatic hydroxyl groups is 1. The van der Waals surface area contributed by atoms with Gasteiger partial charge in [-0.2, -0.15) is 0 Å². The van der Waals surface area contributed by atoms with E-state index in [-0.39, 0.29) is 18.7 Å². The highest BCUT2D eigenvalue weighted by atomic mass is 16.5. The van der Waals surface area contributed by atoms with Gasteiger partial charge in [0.2, 0.25) is 0 Å². The molecular weight excluding hydrogens is 228 g/mol. The van der Waals surface area contributed by atoms with E-state index in [1.165, 1.54) is 58.3 Å². The van der Waals surface area contributed by atoms with Gasteiger partial charge < -0.3 is 9.84 Å². The van der Waals surface area contributed by atoms with Gasteiger partial charge in [0.15, 0.2) is 0 Å².